The van der Waals surface area contributed by atoms with Crippen molar-refractivity contribution in [3.8, 4) is 0 Å². The third kappa shape index (κ3) is 5.07. The molecule has 1 rings (SSSR count). The molecule has 0 saturated heterocycles. The summed E-state index contributed by atoms with van der Waals surface area (Å²) in [5.74, 6) is 0.107. The molecule has 1 aromatic heterocycles. The van der Waals surface area contributed by atoms with Crippen LogP contribution in [0.15, 0.2) is 15.9 Å². The van der Waals surface area contributed by atoms with Crippen LogP contribution in [0.2, 0.25) is 0 Å². The lowest BCUT2D eigenvalue weighted by Crippen LogP contribution is -2.30. The van der Waals surface area contributed by atoms with Crippen LogP contribution in [0.3, 0.4) is 0 Å². The lowest BCUT2D eigenvalue weighted by Gasteiger charge is -2.04. The highest BCUT2D eigenvalue weighted by Gasteiger charge is 2.09. The molecule has 86 valence electrons. The van der Waals surface area contributed by atoms with E-state index in [0.717, 1.165) is 8.66 Å². The highest BCUT2D eigenvalue weighted by atomic mass is 79.9. The smallest absolute Gasteiger partial charge is 0.213 e. The van der Waals surface area contributed by atoms with Gasteiger partial charge in [-0.2, -0.15) is 0 Å². The minimum absolute atomic E-state index is 0.107. The average molecular weight is 313 g/mol. The molecule has 0 amide bonds. The molecule has 0 saturated carbocycles. The van der Waals surface area contributed by atoms with E-state index in [-0.39, 0.29) is 5.75 Å². The van der Waals surface area contributed by atoms with Gasteiger partial charge in [0.25, 0.3) is 0 Å². The van der Waals surface area contributed by atoms with Crippen LogP contribution >= 0.6 is 27.3 Å². The van der Waals surface area contributed by atoms with Gasteiger partial charge in [-0.1, -0.05) is 0 Å². The maximum absolute atomic E-state index is 11.4. The van der Waals surface area contributed by atoms with E-state index >= 15 is 0 Å². The Morgan fingerprint density at radius 1 is 1.47 bits per heavy atom. The Morgan fingerprint density at radius 2 is 2.20 bits per heavy atom. The first kappa shape index (κ1) is 13.1. The molecule has 0 radical (unpaired) electrons. The van der Waals surface area contributed by atoms with Crippen LogP contribution in [-0.4, -0.2) is 27.8 Å². The number of hydrogen-bond donors (Lipinski definition) is 2. The third-order valence-electron chi connectivity index (χ3n) is 1.72. The maximum atomic E-state index is 11.4. The second-order valence-corrected chi connectivity index (χ2v) is 7.42. The van der Waals surface area contributed by atoms with Crippen LogP contribution in [-0.2, 0) is 16.6 Å². The lowest BCUT2D eigenvalue weighted by atomic mass is 10.5. The van der Waals surface area contributed by atoms with Gasteiger partial charge in [0.15, 0.2) is 0 Å². The summed E-state index contributed by atoms with van der Waals surface area (Å²) in [6.45, 7) is 0.825. The predicted octanol–water partition coefficient (Wildman–Crippen LogP) is 1.15. The zero-order valence-corrected chi connectivity index (χ0v) is 11.5. The molecule has 0 atom stereocenters. The van der Waals surface area contributed by atoms with Crippen molar-refractivity contribution in [1.82, 2.24) is 10.0 Å². The third-order valence-corrected chi connectivity index (χ3v) is 4.67. The normalized spacial score (nSPS) is 11.9. The number of hydrogen-bond acceptors (Lipinski definition) is 4. The number of halogens is 1. The molecule has 1 heterocycles. The Labute approximate surface area is 102 Å². The van der Waals surface area contributed by atoms with E-state index in [4.69, 9.17) is 0 Å². The Morgan fingerprint density at radius 3 is 2.73 bits per heavy atom. The van der Waals surface area contributed by atoms with Gasteiger partial charge in [0.05, 0.1) is 9.54 Å². The maximum Gasteiger partial charge on any atom is 0.213 e. The van der Waals surface area contributed by atoms with E-state index in [9.17, 15) is 8.42 Å². The molecule has 2 N–H and O–H groups in total. The summed E-state index contributed by atoms with van der Waals surface area (Å²) in [5.41, 5.74) is 0. The first-order chi connectivity index (χ1) is 7.03. The van der Waals surface area contributed by atoms with Gasteiger partial charge in [-0.25, -0.2) is 13.1 Å². The highest BCUT2D eigenvalue weighted by molar-refractivity contribution is 9.11. The molecular formula is C8H13BrN2O2S2. The predicted molar refractivity (Wildman–Crippen MR) is 66.6 cm³/mol. The molecule has 0 fully saturated rings. The van der Waals surface area contributed by atoms with Crippen LogP contribution < -0.4 is 10.0 Å². The Balaban J connectivity index is 2.42. The zero-order valence-electron chi connectivity index (χ0n) is 8.29. The van der Waals surface area contributed by atoms with E-state index in [1.165, 1.54) is 11.3 Å². The van der Waals surface area contributed by atoms with Crippen LogP contribution in [0.4, 0.5) is 0 Å². The van der Waals surface area contributed by atoms with Crippen molar-refractivity contribution in [2.75, 3.05) is 19.3 Å². The summed E-state index contributed by atoms with van der Waals surface area (Å²) in [6.07, 6.45) is 0. The summed E-state index contributed by atoms with van der Waals surface area (Å²) in [7, 11) is -1.43. The zero-order chi connectivity index (χ0) is 11.3. The fraction of sp³-hybridized carbons (Fsp3) is 0.500. The summed E-state index contributed by atoms with van der Waals surface area (Å²) < 4.78 is 26.4. The van der Waals surface area contributed by atoms with E-state index < -0.39 is 10.0 Å². The van der Waals surface area contributed by atoms with E-state index in [0.29, 0.717) is 13.1 Å². The molecule has 0 spiro atoms. The second-order valence-electron chi connectivity index (χ2n) is 2.95. The van der Waals surface area contributed by atoms with Crippen LogP contribution in [0.5, 0.6) is 0 Å². The Kier molecular flexibility index (Phi) is 5.20. The molecule has 7 heteroatoms. The van der Waals surface area contributed by atoms with Crippen molar-refractivity contribution < 1.29 is 8.42 Å². The fourth-order valence-corrected chi connectivity index (χ4v) is 3.44. The first-order valence-electron chi connectivity index (χ1n) is 4.39. The van der Waals surface area contributed by atoms with Crippen molar-refractivity contribution in [2.45, 2.75) is 6.54 Å². The van der Waals surface area contributed by atoms with Gasteiger partial charge >= 0.3 is 0 Å². The molecule has 0 aliphatic rings. The molecule has 0 aliphatic heterocycles. The molecule has 0 aromatic carbocycles. The van der Waals surface area contributed by atoms with Gasteiger partial charge in [0, 0.05) is 18.0 Å². The standard InChI is InChI=1S/C8H13BrN2O2S2/c1-10-4-5-15(12,13)11-6-7-2-3-8(9)14-7/h2-3,10-11H,4-6H2,1H3. The molecule has 1 aromatic rings. The molecule has 0 unspecified atom stereocenters. The van der Waals surface area contributed by atoms with Gasteiger partial charge in [0.2, 0.25) is 10.0 Å². The Hall–Kier alpha value is 0.0500. The summed E-state index contributed by atoms with van der Waals surface area (Å²) in [4.78, 5) is 0.995. The topological polar surface area (TPSA) is 58.2 Å². The quantitative estimate of drug-likeness (QED) is 0.828. The molecule has 4 nitrogen and oxygen atoms in total. The van der Waals surface area contributed by atoms with Gasteiger partial charge in [-0.05, 0) is 35.1 Å². The minimum Gasteiger partial charge on any atom is -0.319 e. The molecule has 15 heavy (non-hydrogen) atoms. The van der Waals surface area contributed by atoms with Crippen LogP contribution in [0.25, 0.3) is 0 Å². The van der Waals surface area contributed by atoms with Crippen molar-refractivity contribution in [2.24, 2.45) is 0 Å². The van der Waals surface area contributed by atoms with Gasteiger partial charge in [0.1, 0.15) is 0 Å². The Bertz CT molecular complexity index is 403. The molecule has 0 aliphatic carbocycles. The summed E-state index contributed by atoms with van der Waals surface area (Å²) in [5, 5.41) is 2.80. The van der Waals surface area contributed by atoms with E-state index in [1.807, 2.05) is 12.1 Å². The average Bonchev–Trinajstić information content (AvgIpc) is 2.59. The highest BCUT2D eigenvalue weighted by Crippen LogP contribution is 2.21. The van der Waals surface area contributed by atoms with E-state index in [2.05, 4.69) is 26.0 Å². The minimum atomic E-state index is -3.15. The monoisotopic (exact) mass is 312 g/mol. The first-order valence-corrected chi connectivity index (χ1v) is 7.66. The SMILES string of the molecule is CNCCS(=O)(=O)NCc1ccc(Br)s1. The van der Waals surface area contributed by atoms with Gasteiger partial charge in [-0.15, -0.1) is 11.3 Å². The number of nitrogens with one attached hydrogen (secondary N) is 2. The summed E-state index contributed by atoms with van der Waals surface area (Å²) in [6, 6.07) is 3.80. The van der Waals surface area contributed by atoms with Crippen molar-refractivity contribution in [1.29, 1.82) is 0 Å². The van der Waals surface area contributed by atoms with Crippen molar-refractivity contribution in [3.05, 3.63) is 20.8 Å². The van der Waals surface area contributed by atoms with Crippen molar-refractivity contribution in [3.63, 3.8) is 0 Å². The van der Waals surface area contributed by atoms with Gasteiger partial charge < -0.3 is 5.32 Å². The fourth-order valence-electron chi connectivity index (χ4n) is 0.936. The van der Waals surface area contributed by atoms with Crippen LogP contribution in [0.1, 0.15) is 4.88 Å². The van der Waals surface area contributed by atoms with Crippen LogP contribution in [0, 0.1) is 0 Å². The molecule has 0 bridgehead atoms. The number of sulfonamides is 1. The van der Waals surface area contributed by atoms with Crippen molar-refractivity contribution >= 4 is 37.3 Å². The molecular weight excluding hydrogens is 300 g/mol. The largest absolute Gasteiger partial charge is 0.319 e. The second kappa shape index (κ2) is 5.95. The number of thiophene rings is 1. The lowest BCUT2D eigenvalue weighted by molar-refractivity contribution is 0.579. The van der Waals surface area contributed by atoms with E-state index in [1.54, 1.807) is 7.05 Å². The van der Waals surface area contributed by atoms with Gasteiger partial charge in [-0.3, -0.25) is 0 Å². The summed E-state index contributed by atoms with van der Waals surface area (Å²) >= 11 is 4.85. The number of rotatable bonds is 6.